The van der Waals surface area contributed by atoms with Crippen molar-refractivity contribution in [3.05, 3.63) is 28.2 Å². The Morgan fingerprint density at radius 3 is 2.82 bits per heavy atom. The molecule has 0 aliphatic carbocycles. The molecule has 0 atom stereocenters. The SMILES string of the molecule is COc1cc(Br)ccc1C(=O)NCCCN.Cl. The Hall–Kier alpha value is -0.780. The highest BCUT2D eigenvalue weighted by Gasteiger charge is 2.11. The number of hydrogen-bond donors (Lipinski definition) is 2. The minimum absolute atomic E-state index is 0. The van der Waals surface area contributed by atoms with Crippen molar-refractivity contribution in [2.24, 2.45) is 5.73 Å². The van der Waals surface area contributed by atoms with Crippen molar-refractivity contribution >= 4 is 34.2 Å². The fourth-order valence-corrected chi connectivity index (χ4v) is 1.59. The van der Waals surface area contributed by atoms with E-state index in [9.17, 15) is 4.79 Å². The molecule has 6 heteroatoms. The highest BCUT2D eigenvalue weighted by molar-refractivity contribution is 9.10. The van der Waals surface area contributed by atoms with Crippen LogP contribution >= 0.6 is 28.3 Å². The van der Waals surface area contributed by atoms with E-state index in [1.54, 1.807) is 25.3 Å². The number of nitrogens with one attached hydrogen (secondary N) is 1. The predicted octanol–water partition coefficient (Wildman–Crippen LogP) is 1.96. The minimum atomic E-state index is -0.141. The normalized spacial score (nSPS) is 9.35. The van der Waals surface area contributed by atoms with Crippen molar-refractivity contribution in [3.8, 4) is 5.75 Å². The lowest BCUT2D eigenvalue weighted by Gasteiger charge is -2.09. The maximum absolute atomic E-state index is 11.8. The summed E-state index contributed by atoms with van der Waals surface area (Å²) in [5, 5.41) is 2.78. The number of rotatable bonds is 5. The van der Waals surface area contributed by atoms with E-state index in [1.807, 2.05) is 0 Å². The van der Waals surface area contributed by atoms with Gasteiger partial charge in [-0.3, -0.25) is 4.79 Å². The van der Waals surface area contributed by atoms with Gasteiger partial charge in [0.2, 0.25) is 0 Å². The van der Waals surface area contributed by atoms with Crippen LogP contribution in [-0.2, 0) is 0 Å². The summed E-state index contributed by atoms with van der Waals surface area (Å²) in [6, 6.07) is 5.29. The van der Waals surface area contributed by atoms with Crippen LogP contribution < -0.4 is 15.8 Å². The minimum Gasteiger partial charge on any atom is -0.496 e. The van der Waals surface area contributed by atoms with Gasteiger partial charge in [0.1, 0.15) is 5.75 Å². The monoisotopic (exact) mass is 322 g/mol. The smallest absolute Gasteiger partial charge is 0.255 e. The van der Waals surface area contributed by atoms with Gasteiger partial charge in [0.25, 0.3) is 5.91 Å². The van der Waals surface area contributed by atoms with E-state index in [2.05, 4.69) is 21.2 Å². The predicted molar refractivity (Wildman–Crippen MR) is 73.9 cm³/mol. The van der Waals surface area contributed by atoms with Crippen molar-refractivity contribution in [1.82, 2.24) is 5.32 Å². The Morgan fingerprint density at radius 1 is 1.53 bits per heavy atom. The summed E-state index contributed by atoms with van der Waals surface area (Å²) < 4.78 is 6.02. The number of methoxy groups -OCH3 is 1. The molecule has 0 aliphatic rings. The van der Waals surface area contributed by atoms with Crippen molar-refractivity contribution in [2.45, 2.75) is 6.42 Å². The van der Waals surface area contributed by atoms with Crippen LogP contribution in [0.5, 0.6) is 5.75 Å². The summed E-state index contributed by atoms with van der Waals surface area (Å²) in [5.41, 5.74) is 5.88. The van der Waals surface area contributed by atoms with Gasteiger partial charge in [-0.2, -0.15) is 0 Å². The van der Waals surface area contributed by atoms with Gasteiger partial charge in [0.15, 0.2) is 0 Å². The van der Waals surface area contributed by atoms with Crippen LogP contribution in [0.15, 0.2) is 22.7 Å². The van der Waals surface area contributed by atoms with Crippen LogP contribution in [0.25, 0.3) is 0 Å². The first-order valence-corrected chi connectivity index (χ1v) is 5.80. The lowest BCUT2D eigenvalue weighted by atomic mass is 10.2. The number of hydrogen-bond acceptors (Lipinski definition) is 3. The van der Waals surface area contributed by atoms with Gasteiger partial charge in [-0.15, -0.1) is 12.4 Å². The topological polar surface area (TPSA) is 64.3 Å². The van der Waals surface area contributed by atoms with Crippen LogP contribution in [0, 0.1) is 0 Å². The maximum Gasteiger partial charge on any atom is 0.255 e. The molecule has 0 radical (unpaired) electrons. The molecule has 3 N–H and O–H groups in total. The molecular weight excluding hydrogens is 307 g/mol. The van der Waals surface area contributed by atoms with E-state index in [0.29, 0.717) is 24.4 Å². The number of benzene rings is 1. The third kappa shape index (κ3) is 4.93. The molecule has 0 spiro atoms. The zero-order valence-corrected chi connectivity index (χ0v) is 11.9. The molecule has 1 amide bonds. The first-order chi connectivity index (χ1) is 7.69. The summed E-state index contributed by atoms with van der Waals surface area (Å²) in [5.74, 6) is 0.414. The molecule has 1 aromatic rings. The highest BCUT2D eigenvalue weighted by atomic mass is 79.9. The fourth-order valence-electron chi connectivity index (χ4n) is 1.25. The molecule has 96 valence electrons. The quantitative estimate of drug-likeness (QED) is 0.814. The molecule has 0 aliphatic heterocycles. The van der Waals surface area contributed by atoms with Gasteiger partial charge in [-0.05, 0) is 31.2 Å². The van der Waals surface area contributed by atoms with Crippen molar-refractivity contribution in [1.29, 1.82) is 0 Å². The van der Waals surface area contributed by atoms with Crippen LogP contribution in [0.3, 0.4) is 0 Å². The Bertz CT molecular complexity index is 374. The second-order valence-electron chi connectivity index (χ2n) is 3.24. The zero-order chi connectivity index (χ0) is 12.0. The van der Waals surface area contributed by atoms with Crippen molar-refractivity contribution in [2.75, 3.05) is 20.2 Å². The molecule has 0 aromatic heterocycles. The molecule has 0 saturated carbocycles. The summed E-state index contributed by atoms with van der Waals surface area (Å²) in [7, 11) is 1.54. The van der Waals surface area contributed by atoms with E-state index >= 15 is 0 Å². The number of amides is 1. The molecule has 0 fully saturated rings. The fraction of sp³-hybridized carbons (Fsp3) is 0.364. The van der Waals surface area contributed by atoms with E-state index in [1.165, 1.54) is 0 Å². The van der Waals surface area contributed by atoms with Crippen LogP contribution in [0.2, 0.25) is 0 Å². The van der Waals surface area contributed by atoms with E-state index in [0.717, 1.165) is 10.9 Å². The van der Waals surface area contributed by atoms with Gasteiger partial charge in [0.05, 0.1) is 12.7 Å². The molecule has 17 heavy (non-hydrogen) atoms. The Labute approximate surface area is 115 Å². The Balaban J connectivity index is 0.00000256. The average molecular weight is 324 g/mol. The first kappa shape index (κ1) is 16.2. The molecule has 0 bridgehead atoms. The largest absolute Gasteiger partial charge is 0.496 e. The third-order valence-corrected chi connectivity index (χ3v) is 2.57. The number of halogens is 2. The lowest BCUT2D eigenvalue weighted by Crippen LogP contribution is -2.26. The van der Waals surface area contributed by atoms with Crippen LogP contribution in [0.1, 0.15) is 16.8 Å². The molecule has 0 heterocycles. The van der Waals surface area contributed by atoms with Gasteiger partial charge >= 0.3 is 0 Å². The van der Waals surface area contributed by atoms with Crippen LogP contribution in [0.4, 0.5) is 0 Å². The van der Waals surface area contributed by atoms with Crippen LogP contribution in [-0.4, -0.2) is 26.1 Å². The van der Waals surface area contributed by atoms with E-state index in [-0.39, 0.29) is 18.3 Å². The lowest BCUT2D eigenvalue weighted by molar-refractivity contribution is 0.0950. The summed E-state index contributed by atoms with van der Waals surface area (Å²) in [6.45, 7) is 1.15. The van der Waals surface area contributed by atoms with Gasteiger partial charge in [-0.25, -0.2) is 0 Å². The molecule has 1 rings (SSSR count). The molecular formula is C11H16BrClN2O2. The van der Waals surface area contributed by atoms with Gasteiger partial charge < -0.3 is 15.8 Å². The highest BCUT2D eigenvalue weighted by Crippen LogP contribution is 2.23. The second kappa shape index (κ2) is 8.33. The first-order valence-electron chi connectivity index (χ1n) is 5.01. The van der Waals surface area contributed by atoms with Gasteiger partial charge in [0, 0.05) is 11.0 Å². The number of ether oxygens (including phenoxy) is 1. The van der Waals surface area contributed by atoms with E-state index < -0.39 is 0 Å². The maximum atomic E-state index is 11.8. The summed E-state index contributed by atoms with van der Waals surface area (Å²) >= 11 is 3.32. The Kier molecular flexibility index (Phi) is 7.95. The standard InChI is InChI=1S/C11H15BrN2O2.ClH/c1-16-10-7-8(12)3-4-9(10)11(15)14-6-2-5-13;/h3-4,7H,2,5-6,13H2,1H3,(H,14,15);1H. The second-order valence-corrected chi connectivity index (χ2v) is 4.16. The van der Waals surface area contributed by atoms with E-state index in [4.69, 9.17) is 10.5 Å². The Morgan fingerprint density at radius 2 is 2.24 bits per heavy atom. The summed E-state index contributed by atoms with van der Waals surface area (Å²) in [6.07, 6.45) is 0.768. The van der Waals surface area contributed by atoms with Gasteiger partial charge in [-0.1, -0.05) is 15.9 Å². The van der Waals surface area contributed by atoms with Crippen molar-refractivity contribution < 1.29 is 9.53 Å². The molecule has 0 saturated heterocycles. The number of carbonyl (C=O) groups excluding carboxylic acids is 1. The summed E-state index contributed by atoms with van der Waals surface area (Å²) in [4.78, 5) is 11.8. The molecule has 1 aromatic carbocycles. The zero-order valence-electron chi connectivity index (χ0n) is 9.53. The number of nitrogens with two attached hydrogens (primary N) is 1. The number of carbonyl (C=O) groups is 1. The molecule has 0 unspecified atom stereocenters. The van der Waals surface area contributed by atoms with Crippen molar-refractivity contribution in [3.63, 3.8) is 0 Å². The third-order valence-electron chi connectivity index (χ3n) is 2.07. The molecule has 4 nitrogen and oxygen atoms in total. The average Bonchev–Trinajstić information content (AvgIpc) is 2.29.